The highest BCUT2D eigenvalue weighted by molar-refractivity contribution is 7.16. The Morgan fingerprint density at radius 3 is 2.52 bits per heavy atom. The topological polar surface area (TPSA) is 24.9 Å². The maximum Gasteiger partial charge on any atom is 0.0529 e. The largest absolute Gasteiger partial charge is 0.380 e. The van der Waals surface area contributed by atoms with E-state index >= 15 is 0 Å². The Balaban J connectivity index is 1.40. The van der Waals surface area contributed by atoms with E-state index in [0.717, 1.165) is 18.2 Å². The van der Waals surface area contributed by atoms with Crippen molar-refractivity contribution in [1.82, 2.24) is 4.98 Å². The van der Waals surface area contributed by atoms with Crippen LogP contribution in [0, 0.1) is 5.92 Å². The summed E-state index contributed by atoms with van der Waals surface area (Å²) in [5, 5.41) is 3.48. The van der Waals surface area contributed by atoms with E-state index in [0.29, 0.717) is 5.92 Å². The second-order valence-electron chi connectivity index (χ2n) is 6.73. The number of pyridine rings is 1. The number of benzene rings is 2. The van der Waals surface area contributed by atoms with Crippen LogP contribution in [0.4, 0.5) is 5.69 Å². The predicted molar refractivity (Wildman–Crippen MR) is 109 cm³/mol. The lowest BCUT2D eigenvalue weighted by atomic mass is 10.0. The third kappa shape index (κ3) is 3.91. The molecule has 1 aromatic heterocycles. The summed E-state index contributed by atoms with van der Waals surface area (Å²) in [6, 6.07) is 23.5. The van der Waals surface area contributed by atoms with Crippen LogP contribution in [0.5, 0.6) is 0 Å². The van der Waals surface area contributed by atoms with Gasteiger partial charge in [-0.25, -0.2) is 0 Å². The lowest BCUT2D eigenvalue weighted by molar-refractivity contribution is 0.897. The van der Waals surface area contributed by atoms with Crippen LogP contribution >= 0.6 is 9.24 Å². The molecule has 2 nitrogen and oxygen atoms in total. The molecular weight excluding hydrogens is 323 g/mol. The first-order valence-corrected chi connectivity index (χ1v) is 9.69. The van der Waals surface area contributed by atoms with E-state index in [4.69, 9.17) is 0 Å². The number of hydrogen-bond donors (Lipinski definition) is 1. The van der Waals surface area contributed by atoms with Gasteiger partial charge < -0.3 is 5.32 Å². The van der Waals surface area contributed by atoms with Crippen molar-refractivity contribution in [2.75, 3.05) is 11.5 Å². The van der Waals surface area contributed by atoms with Gasteiger partial charge in [-0.2, -0.15) is 0 Å². The van der Waals surface area contributed by atoms with Gasteiger partial charge in [0.15, 0.2) is 0 Å². The third-order valence-electron chi connectivity index (χ3n) is 4.92. The van der Waals surface area contributed by atoms with E-state index in [9.17, 15) is 0 Å². The van der Waals surface area contributed by atoms with Gasteiger partial charge in [-0.05, 0) is 53.4 Å². The molecular formula is C22H23N2P. The molecule has 0 bridgehead atoms. The van der Waals surface area contributed by atoms with Crippen molar-refractivity contribution in [3.05, 3.63) is 84.2 Å². The van der Waals surface area contributed by atoms with Gasteiger partial charge in [-0.3, -0.25) is 4.98 Å². The van der Waals surface area contributed by atoms with E-state index in [1.54, 1.807) is 0 Å². The Bertz CT molecular complexity index is 830. The fraction of sp³-hybridized carbons (Fsp3) is 0.227. The van der Waals surface area contributed by atoms with Crippen LogP contribution in [0.15, 0.2) is 72.9 Å². The van der Waals surface area contributed by atoms with E-state index in [2.05, 4.69) is 86.3 Å². The molecule has 0 radical (unpaired) electrons. The SMILES string of the molecule is PCC1CC1c1ccc(NCc2cccc(-c3ccccc3)c2)cn1. The fourth-order valence-electron chi connectivity index (χ4n) is 3.30. The first-order chi connectivity index (χ1) is 12.3. The first kappa shape index (κ1) is 16.3. The Morgan fingerprint density at radius 2 is 1.80 bits per heavy atom. The second kappa shape index (κ2) is 7.37. The van der Waals surface area contributed by atoms with Crippen molar-refractivity contribution in [3.63, 3.8) is 0 Å². The summed E-state index contributed by atoms with van der Waals surface area (Å²) in [6.45, 7) is 0.805. The lowest BCUT2D eigenvalue weighted by Crippen LogP contribution is -2.00. The summed E-state index contributed by atoms with van der Waals surface area (Å²) < 4.78 is 0. The zero-order chi connectivity index (χ0) is 17.1. The van der Waals surface area contributed by atoms with Gasteiger partial charge in [-0.15, -0.1) is 9.24 Å². The fourth-order valence-corrected chi connectivity index (χ4v) is 3.82. The summed E-state index contributed by atoms with van der Waals surface area (Å²) in [5.41, 5.74) is 6.10. The highest BCUT2D eigenvalue weighted by atomic mass is 31.0. The quantitative estimate of drug-likeness (QED) is 0.610. The number of aromatic nitrogens is 1. The predicted octanol–water partition coefficient (Wildman–Crippen LogP) is 5.34. The number of nitrogens with zero attached hydrogens (tertiary/aromatic N) is 1. The second-order valence-corrected chi connectivity index (χ2v) is 7.20. The summed E-state index contributed by atoms with van der Waals surface area (Å²) in [6.07, 6.45) is 4.44. The standard InChI is InChI=1S/C22H23N2P/c25-15-19-12-21(19)22-10-9-20(14-24-22)23-13-16-5-4-8-18(11-16)17-6-2-1-3-7-17/h1-11,14,19,21,23H,12-13,15,25H2. The molecule has 1 fully saturated rings. The van der Waals surface area contributed by atoms with Gasteiger partial charge in [0.2, 0.25) is 0 Å². The summed E-state index contributed by atoms with van der Waals surface area (Å²) in [4.78, 5) is 4.64. The van der Waals surface area contributed by atoms with Crippen LogP contribution in [-0.2, 0) is 6.54 Å². The smallest absolute Gasteiger partial charge is 0.0529 e. The number of anilines is 1. The highest BCUT2D eigenvalue weighted by Crippen LogP contribution is 2.47. The van der Waals surface area contributed by atoms with Crippen LogP contribution < -0.4 is 5.32 Å². The molecule has 1 heterocycles. The van der Waals surface area contributed by atoms with Gasteiger partial charge in [0.1, 0.15) is 0 Å². The minimum absolute atomic E-state index is 0.675. The molecule has 3 heteroatoms. The van der Waals surface area contributed by atoms with Gasteiger partial charge in [0, 0.05) is 18.2 Å². The van der Waals surface area contributed by atoms with E-state index in [1.165, 1.54) is 35.0 Å². The molecule has 1 aliphatic rings. The Labute approximate surface area is 151 Å². The Kier molecular flexibility index (Phi) is 4.81. The van der Waals surface area contributed by atoms with Gasteiger partial charge >= 0.3 is 0 Å². The molecule has 3 unspecified atom stereocenters. The molecule has 1 N–H and O–H groups in total. The van der Waals surface area contributed by atoms with Crippen LogP contribution in [0.25, 0.3) is 11.1 Å². The zero-order valence-corrected chi connectivity index (χ0v) is 15.4. The monoisotopic (exact) mass is 346 g/mol. The van der Waals surface area contributed by atoms with Gasteiger partial charge in [0.25, 0.3) is 0 Å². The first-order valence-electron chi connectivity index (χ1n) is 8.88. The molecule has 1 saturated carbocycles. The van der Waals surface area contributed by atoms with Crippen molar-refractivity contribution < 1.29 is 0 Å². The molecule has 0 amide bonds. The average molecular weight is 346 g/mol. The molecule has 3 atom stereocenters. The summed E-state index contributed by atoms with van der Waals surface area (Å²) >= 11 is 0. The summed E-state index contributed by atoms with van der Waals surface area (Å²) in [5.74, 6) is 1.49. The van der Waals surface area contributed by atoms with Crippen molar-refractivity contribution in [2.24, 2.45) is 5.92 Å². The Hall–Kier alpha value is -2.18. The highest BCUT2D eigenvalue weighted by Gasteiger charge is 2.37. The molecule has 4 rings (SSSR count). The van der Waals surface area contributed by atoms with Gasteiger partial charge in [-0.1, -0.05) is 48.5 Å². The van der Waals surface area contributed by atoms with Crippen molar-refractivity contribution >= 4 is 14.9 Å². The number of nitrogens with one attached hydrogen (secondary N) is 1. The van der Waals surface area contributed by atoms with E-state index in [1.807, 2.05) is 6.20 Å². The molecule has 0 saturated heterocycles. The average Bonchev–Trinajstić information content (AvgIpc) is 3.48. The number of rotatable bonds is 6. The van der Waals surface area contributed by atoms with E-state index < -0.39 is 0 Å². The Morgan fingerprint density at radius 1 is 0.960 bits per heavy atom. The maximum absolute atomic E-state index is 4.64. The van der Waals surface area contributed by atoms with Crippen molar-refractivity contribution in [1.29, 1.82) is 0 Å². The van der Waals surface area contributed by atoms with Crippen molar-refractivity contribution in [3.8, 4) is 11.1 Å². The normalized spacial score (nSPS) is 18.8. The molecule has 0 aliphatic heterocycles. The third-order valence-corrected chi connectivity index (χ3v) is 5.53. The molecule has 2 aromatic carbocycles. The molecule has 25 heavy (non-hydrogen) atoms. The zero-order valence-electron chi connectivity index (χ0n) is 14.2. The van der Waals surface area contributed by atoms with Crippen LogP contribution in [0.1, 0.15) is 23.6 Å². The number of hydrogen-bond acceptors (Lipinski definition) is 2. The minimum atomic E-state index is 0.675. The molecule has 3 aromatic rings. The molecule has 1 aliphatic carbocycles. The lowest BCUT2D eigenvalue weighted by Gasteiger charge is -2.09. The van der Waals surface area contributed by atoms with Crippen LogP contribution in [0.3, 0.4) is 0 Å². The molecule has 126 valence electrons. The van der Waals surface area contributed by atoms with E-state index in [-0.39, 0.29) is 0 Å². The van der Waals surface area contributed by atoms with Crippen LogP contribution in [-0.4, -0.2) is 11.1 Å². The van der Waals surface area contributed by atoms with Crippen molar-refractivity contribution in [2.45, 2.75) is 18.9 Å². The summed E-state index contributed by atoms with van der Waals surface area (Å²) in [7, 11) is 2.84. The molecule has 0 spiro atoms. The minimum Gasteiger partial charge on any atom is -0.380 e. The maximum atomic E-state index is 4.64. The van der Waals surface area contributed by atoms with Crippen LogP contribution in [0.2, 0.25) is 0 Å². The van der Waals surface area contributed by atoms with Gasteiger partial charge in [0.05, 0.1) is 11.9 Å².